The van der Waals surface area contributed by atoms with E-state index in [1.807, 2.05) is 0 Å². The van der Waals surface area contributed by atoms with Crippen molar-refractivity contribution in [1.29, 1.82) is 0 Å². The zero-order valence-electron chi connectivity index (χ0n) is 12.4. The fourth-order valence-electron chi connectivity index (χ4n) is 2.14. The lowest BCUT2D eigenvalue weighted by molar-refractivity contribution is 0.0996. The predicted octanol–water partition coefficient (Wildman–Crippen LogP) is 2.42. The molecule has 0 atom stereocenters. The third-order valence-electron chi connectivity index (χ3n) is 3.25. The monoisotopic (exact) mass is 306 g/mol. The van der Waals surface area contributed by atoms with E-state index in [0.717, 1.165) is 19.3 Å². The molecule has 1 amide bonds. The van der Waals surface area contributed by atoms with Crippen LogP contribution in [0.2, 0.25) is 0 Å². The highest BCUT2D eigenvalue weighted by Crippen LogP contribution is 2.25. The van der Waals surface area contributed by atoms with E-state index in [1.54, 1.807) is 6.07 Å². The number of aromatic amines is 1. The molecule has 0 radical (unpaired) electrons. The van der Waals surface area contributed by atoms with Crippen LogP contribution in [0, 0.1) is 5.82 Å². The first kappa shape index (κ1) is 16.1. The minimum absolute atomic E-state index is 0.0267. The van der Waals surface area contributed by atoms with E-state index in [9.17, 15) is 9.18 Å². The summed E-state index contributed by atoms with van der Waals surface area (Å²) < 4.78 is 19.1. The molecule has 1 heterocycles. The Balaban J connectivity index is 2.20. The third kappa shape index (κ3) is 3.88. The summed E-state index contributed by atoms with van der Waals surface area (Å²) in [5.41, 5.74) is 6.78. The standard InChI is InChI=1S/C15H19FN4O2/c1-2-3-4-7-22-9-10-8-11(16)5-6-12(10)13-14(15(17)21)19-20-18-13/h5-6,8H,2-4,7,9H2,1H3,(H2,17,21)(H,18,19,20). The number of hydrogen-bond acceptors (Lipinski definition) is 4. The van der Waals surface area contributed by atoms with Crippen LogP contribution in [-0.2, 0) is 11.3 Å². The number of nitrogens with one attached hydrogen (secondary N) is 1. The molecular formula is C15H19FN4O2. The van der Waals surface area contributed by atoms with Gasteiger partial charge in [-0.3, -0.25) is 4.79 Å². The molecule has 0 unspecified atom stereocenters. The first-order chi connectivity index (χ1) is 10.6. The third-order valence-corrected chi connectivity index (χ3v) is 3.25. The number of nitrogens with two attached hydrogens (primary N) is 1. The molecule has 0 saturated heterocycles. The molecule has 2 rings (SSSR count). The second kappa shape index (κ2) is 7.65. The van der Waals surface area contributed by atoms with Crippen molar-refractivity contribution in [3.8, 4) is 11.3 Å². The lowest BCUT2D eigenvalue weighted by atomic mass is 10.0. The van der Waals surface area contributed by atoms with Gasteiger partial charge in [-0.2, -0.15) is 15.4 Å². The number of amides is 1. The topological polar surface area (TPSA) is 93.9 Å². The molecular weight excluding hydrogens is 287 g/mol. The summed E-state index contributed by atoms with van der Waals surface area (Å²) in [4.78, 5) is 11.4. The maximum atomic E-state index is 13.5. The molecule has 22 heavy (non-hydrogen) atoms. The molecule has 0 fully saturated rings. The van der Waals surface area contributed by atoms with Crippen molar-refractivity contribution in [2.45, 2.75) is 32.8 Å². The Kier molecular flexibility index (Phi) is 5.60. The van der Waals surface area contributed by atoms with E-state index in [4.69, 9.17) is 10.5 Å². The molecule has 6 nitrogen and oxygen atoms in total. The lowest BCUT2D eigenvalue weighted by Crippen LogP contribution is -2.13. The Morgan fingerprint density at radius 1 is 1.36 bits per heavy atom. The molecule has 0 saturated carbocycles. The van der Waals surface area contributed by atoms with Gasteiger partial charge in [0.25, 0.3) is 5.91 Å². The average molecular weight is 306 g/mol. The van der Waals surface area contributed by atoms with Crippen LogP contribution in [0.15, 0.2) is 18.2 Å². The molecule has 1 aromatic carbocycles. The van der Waals surface area contributed by atoms with Crippen molar-refractivity contribution in [2.75, 3.05) is 6.61 Å². The zero-order chi connectivity index (χ0) is 15.9. The normalized spacial score (nSPS) is 10.8. The minimum Gasteiger partial charge on any atom is -0.377 e. The molecule has 0 aliphatic rings. The molecule has 7 heteroatoms. The van der Waals surface area contributed by atoms with E-state index < -0.39 is 5.91 Å². The molecule has 2 aromatic rings. The second-order valence-corrected chi connectivity index (χ2v) is 4.95. The molecule has 1 aromatic heterocycles. The number of nitrogens with zero attached hydrogens (tertiary/aromatic N) is 2. The van der Waals surface area contributed by atoms with Gasteiger partial charge in [-0.1, -0.05) is 19.8 Å². The number of benzene rings is 1. The smallest absolute Gasteiger partial charge is 0.271 e. The first-order valence-electron chi connectivity index (χ1n) is 7.20. The van der Waals surface area contributed by atoms with Gasteiger partial charge in [-0.15, -0.1) is 0 Å². The number of primary amides is 1. The summed E-state index contributed by atoms with van der Waals surface area (Å²) in [5, 5.41) is 10.0. The fraction of sp³-hybridized carbons (Fsp3) is 0.400. The van der Waals surface area contributed by atoms with Gasteiger partial charge in [0.2, 0.25) is 0 Å². The maximum Gasteiger partial charge on any atom is 0.271 e. The number of H-pyrrole nitrogens is 1. The largest absolute Gasteiger partial charge is 0.377 e. The van der Waals surface area contributed by atoms with Crippen LogP contribution < -0.4 is 5.73 Å². The molecule has 0 spiro atoms. The molecule has 0 bridgehead atoms. The Labute approximate surface area is 127 Å². The predicted molar refractivity (Wildman–Crippen MR) is 79.5 cm³/mol. The van der Waals surface area contributed by atoms with Crippen molar-refractivity contribution in [3.63, 3.8) is 0 Å². The molecule has 3 N–H and O–H groups in total. The molecule has 118 valence electrons. The highest BCUT2D eigenvalue weighted by atomic mass is 19.1. The van der Waals surface area contributed by atoms with Crippen molar-refractivity contribution in [2.24, 2.45) is 5.73 Å². The van der Waals surface area contributed by atoms with Gasteiger partial charge in [-0.25, -0.2) is 4.39 Å². The summed E-state index contributed by atoms with van der Waals surface area (Å²) in [7, 11) is 0. The van der Waals surface area contributed by atoms with E-state index >= 15 is 0 Å². The van der Waals surface area contributed by atoms with Gasteiger partial charge >= 0.3 is 0 Å². The van der Waals surface area contributed by atoms with Gasteiger partial charge in [0.05, 0.1) is 6.61 Å². The number of rotatable bonds is 8. The summed E-state index contributed by atoms with van der Waals surface area (Å²) >= 11 is 0. The Morgan fingerprint density at radius 2 is 2.18 bits per heavy atom. The van der Waals surface area contributed by atoms with Crippen LogP contribution in [0.4, 0.5) is 4.39 Å². The lowest BCUT2D eigenvalue weighted by Gasteiger charge is -2.09. The average Bonchev–Trinajstić information content (AvgIpc) is 2.96. The first-order valence-corrected chi connectivity index (χ1v) is 7.20. The van der Waals surface area contributed by atoms with Crippen molar-refractivity contribution in [3.05, 3.63) is 35.3 Å². The van der Waals surface area contributed by atoms with E-state index in [-0.39, 0.29) is 18.1 Å². The summed E-state index contributed by atoms with van der Waals surface area (Å²) in [6.45, 7) is 2.95. The van der Waals surface area contributed by atoms with Crippen LogP contribution in [0.3, 0.4) is 0 Å². The van der Waals surface area contributed by atoms with Crippen LogP contribution in [0.1, 0.15) is 42.2 Å². The number of carbonyl (C=O) groups excluding carboxylic acids is 1. The molecule has 0 aliphatic heterocycles. The number of unbranched alkanes of at least 4 members (excludes halogenated alkanes) is 2. The van der Waals surface area contributed by atoms with Crippen molar-refractivity contribution >= 4 is 5.91 Å². The summed E-state index contributed by atoms with van der Waals surface area (Å²) in [6, 6.07) is 4.22. The Morgan fingerprint density at radius 3 is 2.91 bits per heavy atom. The highest BCUT2D eigenvalue weighted by Gasteiger charge is 2.18. The van der Waals surface area contributed by atoms with E-state index in [2.05, 4.69) is 22.3 Å². The summed E-state index contributed by atoms with van der Waals surface area (Å²) in [6.07, 6.45) is 3.15. The zero-order valence-corrected chi connectivity index (χ0v) is 12.4. The van der Waals surface area contributed by atoms with E-state index in [1.165, 1.54) is 12.1 Å². The van der Waals surface area contributed by atoms with Crippen molar-refractivity contribution in [1.82, 2.24) is 15.4 Å². The maximum absolute atomic E-state index is 13.5. The fourth-order valence-corrected chi connectivity index (χ4v) is 2.14. The second-order valence-electron chi connectivity index (χ2n) is 4.95. The minimum atomic E-state index is -0.692. The van der Waals surface area contributed by atoms with Gasteiger partial charge in [0.15, 0.2) is 5.69 Å². The van der Waals surface area contributed by atoms with Gasteiger partial charge in [0.1, 0.15) is 11.5 Å². The van der Waals surface area contributed by atoms with Crippen molar-refractivity contribution < 1.29 is 13.9 Å². The number of aromatic nitrogens is 3. The SMILES string of the molecule is CCCCCOCc1cc(F)ccc1-c1n[nH]nc1C(N)=O. The van der Waals surface area contributed by atoms with Crippen LogP contribution in [0.5, 0.6) is 0 Å². The highest BCUT2D eigenvalue weighted by molar-refractivity contribution is 5.97. The Bertz CT molecular complexity index is 642. The number of hydrogen-bond donors (Lipinski definition) is 2. The van der Waals surface area contributed by atoms with Crippen LogP contribution >= 0.6 is 0 Å². The van der Waals surface area contributed by atoms with Crippen LogP contribution in [-0.4, -0.2) is 27.9 Å². The Hall–Kier alpha value is -2.28. The van der Waals surface area contributed by atoms with Gasteiger partial charge in [0, 0.05) is 12.2 Å². The van der Waals surface area contributed by atoms with Crippen LogP contribution in [0.25, 0.3) is 11.3 Å². The summed E-state index contributed by atoms with van der Waals surface area (Å²) in [5.74, 6) is -1.07. The molecule has 0 aliphatic carbocycles. The number of halogens is 1. The van der Waals surface area contributed by atoms with E-state index in [0.29, 0.717) is 23.4 Å². The van der Waals surface area contributed by atoms with Gasteiger partial charge in [-0.05, 0) is 30.2 Å². The quantitative estimate of drug-likeness (QED) is 0.732. The number of ether oxygens (including phenoxy) is 1. The number of carbonyl (C=O) groups is 1. The van der Waals surface area contributed by atoms with Gasteiger partial charge < -0.3 is 10.5 Å².